The molecule has 0 spiro atoms. The van der Waals surface area contributed by atoms with Gasteiger partial charge in [0.2, 0.25) is 0 Å². The van der Waals surface area contributed by atoms with Gasteiger partial charge in [-0.05, 0) is 12.1 Å². The van der Waals surface area contributed by atoms with E-state index in [-0.39, 0.29) is 18.2 Å². The van der Waals surface area contributed by atoms with Gasteiger partial charge in [-0.2, -0.15) is 0 Å². The Hall–Kier alpha value is -1.06. The van der Waals surface area contributed by atoms with Gasteiger partial charge in [-0.25, -0.2) is 5.43 Å². The molecule has 4 heteroatoms. The molecular formula is C8H9ClN2O. The monoisotopic (exact) mass is 184 g/mol. The van der Waals surface area contributed by atoms with Crippen molar-refractivity contribution in [2.24, 2.45) is 0 Å². The van der Waals surface area contributed by atoms with Crippen LogP contribution in [0, 0.1) is 0 Å². The van der Waals surface area contributed by atoms with Gasteiger partial charge in [0.25, 0.3) is 0 Å². The Balaban J connectivity index is 0.000000720. The predicted molar refractivity (Wildman–Crippen MR) is 49.6 cm³/mol. The lowest BCUT2D eigenvalue weighted by atomic mass is 10.1. The summed E-state index contributed by atoms with van der Waals surface area (Å²) < 4.78 is 0. The molecule has 0 aromatic heterocycles. The molecule has 0 radical (unpaired) electrons. The van der Waals surface area contributed by atoms with E-state index in [9.17, 15) is 4.79 Å². The molecule has 1 aliphatic heterocycles. The van der Waals surface area contributed by atoms with Crippen LogP contribution in [0.2, 0.25) is 0 Å². The number of hydrazine groups is 1. The SMILES string of the molecule is Cl.O=C1CNNc2ccccc21. The zero-order valence-corrected chi connectivity index (χ0v) is 7.15. The van der Waals surface area contributed by atoms with Crippen LogP contribution >= 0.6 is 12.4 Å². The van der Waals surface area contributed by atoms with Gasteiger partial charge in [0.15, 0.2) is 5.78 Å². The minimum atomic E-state index is 0. The average molecular weight is 185 g/mol. The average Bonchev–Trinajstić information content (AvgIpc) is 2.06. The van der Waals surface area contributed by atoms with Crippen molar-refractivity contribution in [2.75, 3.05) is 12.0 Å². The van der Waals surface area contributed by atoms with E-state index in [4.69, 9.17) is 0 Å². The molecule has 1 aliphatic rings. The molecule has 0 saturated heterocycles. The fourth-order valence-electron chi connectivity index (χ4n) is 1.15. The molecule has 1 heterocycles. The van der Waals surface area contributed by atoms with Gasteiger partial charge in [-0.15, -0.1) is 12.4 Å². The summed E-state index contributed by atoms with van der Waals surface area (Å²) in [6.07, 6.45) is 0. The lowest BCUT2D eigenvalue weighted by molar-refractivity contribution is 0.0989. The second-order valence-electron chi connectivity index (χ2n) is 2.45. The van der Waals surface area contributed by atoms with Gasteiger partial charge in [0.05, 0.1) is 12.2 Å². The number of halogens is 1. The Morgan fingerprint density at radius 2 is 2.00 bits per heavy atom. The van der Waals surface area contributed by atoms with Crippen LogP contribution in [0.5, 0.6) is 0 Å². The molecule has 2 N–H and O–H groups in total. The molecule has 0 bridgehead atoms. The van der Waals surface area contributed by atoms with Crippen molar-refractivity contribution >= 4 is 23.9 Å². The number of benzene rings is 1. The van der Waals surface area contributed by atoms with Crippen LogP contribution < -0.4 is 10.9 Å². The first-order valence-corrected chi connectivity index (χ1v) is 3.49. The molecular weight excluding hydrogens is 176 g/mol. The standard InChI is InChI=1S/C8H8N2O.ClH/c11-8-5-9-10-7-4-2-1-3-6(7)8;/h1-4,9-10H,5H2;1H. The van der Waals surface area contributed by atoms with Crippen LogP contribution in [-0.2, 0) is 0 Å². The van der Waals surface area contributed by atoms with Gasteiger partial charge in [-0.3, -0.25) is 4.79 Å². The van der Waals surface area contributed by atoms with Crippen LogP contribution in [0.25, 0.3) is 0 Å². The van der Waals surface area contributed by atoms with E-state index < -0.39 is 0 Å². The highest BCUT2D eigenvalue weighted by atomic mass is 35.5. The molecule has 1 aromatic carbocycles. The highest BCUT2D eigenvalue weighted by molar-refractivity contribution is 6.03. The van der Waals surface area contributed by atoms with E-state index >= 15 is 0 Å². The molecule has 0 atom stereocenters. The van der Waals surface area contributed by atoms with E-state index in [1.807, 2.05) is 24.3 Å². The van der Waals surface area contributed by atoms with Gasteiger partial charge in [0, 0.05) is 5.56 Å². The molecule has 1 aromatic rings. The van der Waals surface area contributed by atoms with E-state index in [2.05, 4.69) is 10.9 Å². The van der Waals surface area contributed by atoms with Crippen LogP contribution in [0.15, 0.2) is 24.3 Å². The lowest BCUT2D eigenvalue weighted by Gasteiger charge is -2.16. The maximum absolute atomic E-state index is 11.2. The van der Waals surface area contributed by atoms with Gasteiger partial charge in [-0.1, -0.05) is 12.1 Å². The second-order valence-corrected chi connectivity index (χ2v) is 2.45. The summed E-state index contributed by atoms with van der Waals surface area (Å²) in [6, 6.07) is 7.46. The van der Waals surface area contributed by atoms with Gasteiger partial charge < -0.3 is 5.43 Å². The number of ketones is 1. The summed E-state index contributed by atoms with van der Waals surface area (Å²) in [7, 11) is 0. The van der Waals surface area contributed by atoms with Crippen LogP contribution in [-0.4, -0.2) is 12.3 Å². The molecule has 0 amide bonds. The summed E-state index contributed by atoms with van der Waals surface area (Å²) in [5, 5.41) is 0. The van der Waals surface area contributed by atoms with E-state index in [1.165, 1.54) is 0 Å². The van der Waals surface area contributed by atoms with Crippen LogP contribution in [0.3, 0.4) is 0 Å². The van der Waals surface area contributed by atoms with Crippen molar-refractivity contribution < 1.29 is 4.79 Å². The Bertz CT molecular complexity index is 301. The third kappa shape index (κ3) is 1.42. The van der Waals surface area contributed by atoms with Crippen molar-refractivity contribution in [3.63, 3.8) is 0 Å². The number of anilines is 1. The number of hydrogen-bond donors (Lipinski definition) is 2. The number of rotatable bonds is 0. The van der Waals surface area contributed by atoms with Crippen molar-refractivity contribution in [3.05, 3.63) is 29.8 Å². The largest absolute Gasteiger partial charge is 0.320 e. The zero-order valence-electron chi connectivity index (χ0n) is 6.33. The Morgan fingerprint density at radius 1 is 1.25 bits per heavy atom. The summed E-state index contributed by atoms with van der Waals surface area (Å²) in [4.78, 5) is 11.2. The maximum atomic E-state index is 11.2. The van der Waals surface area contributed by atoms with E-state index in [1.54, 1.807) is 0 Å². The smallest absolute Gasteiger partial charge is 0.180 e. The lowest BCUT2D eigenvalue weighted by Crippen LogP contribution is -2.34. The number of carbonyl (C=O) groups excluding carboxylic acids is 1. The number of carbonyl (C=O) groups is 1. The third-order valence-corrected chi connectivity index (χ3v) is 1.70. The minimum absolute atomic E-state index is 0. The van der Waals surface area contributed by atoms with Crippen molar-refractivity contribution in [1.82, 2.24) is 5.43 Å². The molecule has 0 unspecified atom stereocenters. The van der Waals surface area contributed by atoms with Crippen molar-refractivity contribution in [3.8, 4) is 0 Å². The zero-order chi connectivity index (χ0) is 7.68. The summed E-state index contributed by atoms with van der Waals surface area (Å²) >= 11 is 0. The van der Waals surface area contributed by atoms with Crippen molar-refractivity contribution in [2.45, 2.75) is 0 Å². The summed E-state index contributed by atoms with van der Waals surface area (Å²) in [6.45, 7) is 0.372. The first-order valence-electron chi connectivity index (χ1n) is 3.49. The molecule has 3 nitrogen and oxygen atoms in total. The number of nitrogens with one attached hydrogen (secondary N) is 2. The number of Topliss-reactive ketones (excluding diaryl/α,β-unsaturated/α-hetero) is 1. The number of para-hydroxylation sites is 1. The second kappa shape index (κ2) is 3.56. The molecule has 2 rings (SSSR count). The normalized spacial score (nSPS) is 14.2. The third-order valence-electron chi connectivity index (χ3n) is 1.70. The van der Waals surface area contributed by atoms with Gasteiger partial charge in [0.1, 0.15) is 0 Å². The highest BCUT2D eigenvalue weighted by Gasteiger charge is 2.14. The number of hydrogen-bond acceptors (Lipinski definition) is 3. The molecule has 0 aliphatic carbocycles. The summed E-state index contributed by atoms with van der Waals surface area (Å²) in [5.41, 5.74) is 7.35. The quantitative estimate of drug-likeness (QED) is 0.637. The number of fused-ring (bicyclic) bond motifs is 1. The summed E-state index contributed by atoms with van der Waals surface area (Å²) in [5.74, 6) is 0.138. The van der Waals surface area contributed by atoms with E-state index in [0.717, 1.165) is 11.3 Å². The minimum Gasteiger partial charge on any atom is -0.320 e. The molecule has 64 valence electrons. The Kier molecular flexibility index (Phi) is 2.68. The van der Waals surface area contributed by atoms with Crippen molar-refractivity contribution in [1.29, 1.82) is 0 Å². The fourth-order valence-corrected chi connectivity index (χ4v) is 1.15. The first kappa shape index (κ1) is 9.03. The maximum Gasteiger partial charge on any atom is 0.180 e. The first-order chi connectivity index (χ1) is 5.38. The van der Waals surface area contributed by atoms with Crippen LogP contribution in [0.1, 0.15) is 10.4 Å². The topological polar surface area (TPSA) is 41.1 Å². The van der Waals surface area contributed by atoms with Crippen LogP contribution in [0.4, 0.5) is 5.69 Å². The highest BCUT2D eigenvalue weighted by Crippen LogP contribution is 2.16. The Labute approximate surface area is 76.5 Å². The van der Waals surface area contributed by atoms with Gasteiger partial charge >= 0.3 is 0 Å². The molecule has 0 saturated carbocycles. The molecule has 12 heavy (non-hydrogen) atoms. The Morgan fingerprint density at radius 3 is 2.75 bits per heavy atom. The fraction of sp³-hybridized carbons (Fsp3) is 0.125. The van der Waals surface area contributed by atoms with E-state index in [0.29, 0.717) is 6.54 Å². The molecule has 0 fully saturated rings. The predicted octanol–water partition coefficient (Wildman–Crippen LogP) is 1.22.